The first-order valence-corrected chi connectivity index (χ1v) is 9.12. The van der Waals surface area contributed by atoms with Gasteiger partial charge in [-0.3, -0.25) is 9.48 Å². The van der Waals surface area contributed by atoms with E-state index in [1.165, 1.54) is 12.1 Å². The van der Waals surface area contributed by atoms with Gasteiger partial charge in [0.15, 0.2) is 0 Å². The van der Waals surface area contributed by atoms with Gasteiger partial charge in [0, 0.05) is 44.7 Å². The van der Waals surface area contributed by atoms with Gasteiger partial charge in [0.25, 0.3) is 5.91 Å². The second-order valence-electron chi connectivity index (χ2n) is 7.65. The molecule has 0 bridgehead atoms. The summed E-state index contributed by atoms with van der Waals surface area (Å²) in [4.78, 5) is 19.3. The van der Waals surface area contributed by atoms with Crippen LogP contribution in [0.25, 0.3) is 11.3 Å². The molecule has 1 spiro atoms. The summed E-state index contributed by atoms with van der Waals surface area (Å²) in [6, 6.07) is 8.29. The van der Waals surface area contributed by atoms with Crippen LogP contribution in [0.5, 0.6) is 0 Å². The average Bonchev–Trinajstić information content (AvgIpc) is 3.41. The molecular weight excluding hydrogens is 345 g/mol. The van der Waals surface area contributed by atoms with E-state index in [9.17, 15) is 9.18 Å². The van der Waals surface area contributed by atoms with Crippen molar-refractivity contribution in [2.75, 3.05) is 13.1 Å². The number of hydrogen-bond donors (Lipinski definition) is 0. The zero-order valence-corrected chi connectivity index (χ0v) is 15.1. The van der Waals surface area contributed by atoms with E-state index in [1.54, 1.807) is 36.1 Å². The van der Waals surface area contributed by atoms with Crippen LogP contribution in [-0.4, -0.2) is 43.2 Å². The van der Waals surface area contributed by atoms with Crippen molar-refractivity contribution in [3.63, 3.8) is 0 Å². The predicted molar refractivity (Wildman–Crippen MR) is 97.5 cm³/mol. The number of hydrogen-bond acceptors (Lipinski definition) is 3. The average molecular weight is 365 g/mol. The molecule has 5 rings (SSSR count). The fourth-order valence-electron chi connectivity index (χ4n) is 4.44. The van der Waals surface area contributed by atoms with Crippen molar-refractivity contribution < 1.29 is 9.18 Å². The molecule has 3 aromatic rings. The Labute approximate surface area is 156 Å². The molecule has 2 aliphatic heterocycles. The lowest BCUT2D eigenvalue weighted by atomic mass is 9.86. The largest absolute Gasteiger partial charge is 0.337 e. The number of amides is 1. The second-order valence-corrected chi connectivity index (χ2v) is 7.65. The third kappa shape index (κ3) is 2.57. The molecule has 4 heterocycles. The van der Waals surface area contributed by atoms with E-state index in [0.717, 1.165) is 49.6 Å². The van der Waals surface area contributed by atoms with Crippen LogP contribution in [0.15, 0.2) is 42.7 Å². The lowest BCUT2D eigenvalue weighted by Gasteiger charge is -2.23. The summed E-state index contributed by atoms with van der Waals surface area (Å²) < 4.78 is 17.1. The van der Waals surface area contributed by atoms with Crippen molar-refractivity contribution in [1.82, 2.24) is 24.2 Å². The first-order chi connectivity index (χ1) is 13.0. The number of likely N-dealkylation sites (tertiary alicyclic amines) is 1. The number of carbonyl (C=O) groups is 1. The Hall–Kier alpha value is -2.96. The fraction of sp³-hybridized carbons (Fsp3) is 0.350. The van der Waals surface area contributed by atoms with Crippen LogP contribution < -0.4 is 0 Å². The van der Waals surface area contributed by atoms with Crippen LogP contribution >= 0.6 is 0 Å². The van der Waals surface area contributed by atoms with Gasteiger partial charge in [-0.15, -0.1) is 0 Å². The van der Waals surface area contributed by atoms with Gasteiger partial charge in [0.2, 0.25) is 0 Å². The number of imidazole rings is 1. The predicted octanol–water partition coefficient (Wildman–Crippen LogP) is 2.51. The number of rotatable bonds is 2. The number of halogens is 1. The van der Waals surface area contributed by atoms with Gasteiger partial charge in [-0.25, -0.2) is 9.37 Å². The highest BCUT2D eigenvalue weighted by atomic mass is 19.1. The molecule has 2 aliphatic rings. The van der Waals surface area contributed by atoms with Gasteiger partial charge in [-0.1, -0.05) is 0 Å². The zero-order chi connectivity index (χ0) is 18.6. The van der Waals surface area contributed by atoms with Crippen molar-refractivity contribution in [3.8, 4) is 11.3 Å². The summed E-state index contributed by atoms with van der Waals surface area (Å²) in [5, 5.41) is 4.10. The Balaban J connectivity index is 1.38. The van der Waals surface area contributed by atoms with E-state index in [-0.39, 0.29) is 17.1 Å². The summed E-state index contributed by atoms with van der Waals surface area (Å²) in [5.74, 6) is 0.843. The molecule has 2 aromatic heterocycles. The van der Waals surface area contributed by atoms with Gasteiger partial charge in [-0.2, -0.15) is 5.10 Å². The van der Waals surface area contributed by atoms with Gasteiger partial charge >= 0.3 is 0 Å². The van der Waals surface area contributed by atoms with Gasteiger partial charge in [0.1, 0.15) is 17.3 Å². The molecule has 138 valence electrons. The van der Waals surface area contributed by atoms with Crippen LogP contribution in [0.4, 0.5) is 4.39 Å². The highest BCUT2D eigenvalue weighted by Gasteiger charge is 2.46. The van der Waals surface area contributed by atoms with E-state index < -0.39 is 0 Å². The molecule has 7 heteroatoms. The number of benzene rings is 1. The van der Waals surface area contributed by atoms with Crippen molar-refractivity contribution in [2.45, 2.75) is 19.4 Å². The van der Waals surface area contributed by atoms with Crippen molar-refractivity contribution in [1.29, 1.82) is 0 Å². The summed E-state index contributed by atoms with van der Waals surface area (Å²) in [6.45, 7) is 2.31. The van der Waals surface area contributed by atoms with E-state index in [4.69, 9.17) is 0 Å². The Morgan fingerprint density at radius 1 is 1.19 bits per heavy atom. The summed E-state index contributed by atoms with van der Waals surface area (Å²) >= 11 is 0. The van der Waals surface area contributed by atoms with Gasteiger partial charge < -0.3 is 9.47 Å². The summed E-state index contributed by atoms with van der Waals surface area (Å²) in [6.07, 6.45) is 5.34. The van der Waals surface area contributed by atoms with E-state index in [2.05, 4.69) is 14.6 Å². The zero-order valence-electron chi connectivity index (χ0n) is 15.1. The molecule has 1 aromatic carbocycles. The van der Waals surface area contributed by atoms with Crippen LogP contribution in [-0.2, 0) is 20.0 Å². The standard InChI is InChI=1S/C20H20FN5O/c1-24-16(6-8-23-24)19(27)25-9-7-20(12-25)10-18-22-11-17(26(18)13-20)14-2-4-15(21)5-3-14/h2-6,8,11H,7,9-10,12-13H2,1H3. The van der Waals surface area contributed by atoms with Crippen LogP contribution in [0, 0.1) is 11.2 Å². The minimum Gasteiger partial charge on any atom is -0.337 e. The van der Waals surface area contributed by atoms with Crippen molar-refractivity contribution in [3.05, 3.63) is 60.1 Å². The number of nitrogens with zero attached hydrogens (tertiary/aromatic N) is 5. The minimum atomic E-state index is -0.239. The van der Waals surface area contributed by atoms with Crippen LogP contribution in [0.2, 0.25) is 0 Å². The second kappa shape index (κ2) is 5.77. The molecule has 0 radical (unpaired) electrons. The molecule has 0 N–H and O–H groups in total. The third-order valence-corrected chi connectivity index (χ3v) is 5.87. The molecule has 0 saturated carbocycles. The van der Waals surface area contributed by atoms with Gasteiger partial charge in [-0.05, 0) is 42.3 Å². The normalized spacial score (nSPS) is 21.2. The number of aromatic nitrogens is 4. The molecular formula is C20H20FN5O. The monoisotopic (exact) mass is 365 g/mol. The molecule has 1 fully saturated rings. The highest BCUT2D eigenvalue weighted by Crippen LogP contribution is 2.42. The number of aryl methyl sites for hydroxylation is 1. The summed E-state index contributed by atoms with van der Waals surface area (Å²) in [5.41, 5.74) is 2.63. The lowest BCUT2D eigenvalue weighted by molar-refractivity contribution is 0.0761. The fourth-order valence-corrected chi connectivity index (χ4v) is 4.44. The molecule has 0 aliphatic carbocycles. The highest BCUT2D eigenvalue weighted by molar-refractivity contribution is 5.92. The SMILES string of the molecule is Cn1nccc1C(=O)N1CCC2(Cc3ncc(-c4ccc(F)cc4)n3C2)C1. The van der Waals surface area contributed by atoms with E-state index in [1.807, 2.05) is 11.1 Å². The maximum Gasteiger partial charge on any atom is 0.272 e. The summed E-state index contributed by atoms with van der Waals surface area (Å²) in [7, 11) is 1.79. The molecule has 1 amide bonds. The smallest absolute Gasteiger partial charge is 0.272 e. The Morgan fingerprint density at radius 3 is 2.74 bits per heavy atom. The Kier molecular flexibility index (Phi) is 3.47. The Morgan fingerprint density at radius 2 is 2.00 bits per heavy atom. The lowest BCUT2D eigenvalue weighted by Crippen LogP contribution is -2.34. The topological polar surface area (TPSA) is 56.0 Å². The van der Waals surface area contributed by atoms with Gasteiger partial charge in [0.05, 0.1) is 11.9 Å². The Bertz CT molecular complexity index is 1020. The van der Waals surface area contributed by atoms with Crippen molar-refractivity contribution in [2.24, 2.45) is 12.5 Å². The molecule has 1 atom stereocenters. The van der Waals surface area contributed by atoms with E-state index >= 15 is 0 Å². The minimum absolute atomic E-state index is 0.0344. The number of carbonyl (C=O) groups excluding carboxylic acids is 1. The molecule has 1 unspecified atom stereocenters. The maximum absolute atomic E-state index is 13.2. The van der Waals surface area contributed by atoms with Crippen molar-refractivity contribution >= 4 is 5.91 Å². The quantitative estimate of drug-likeness (QED) is 0.701. The molecule has 27 heavy (non-hydrogen) atoms. The number of fused-ring (bicyclic) bond motifs is 1. The molecule has 6 nitrogen and oxygen atoms in total. The van der Waals surface area contributed by atoms with Crippen LogP contribution in [0.1, 0.15) is 22.7 Å². The maximum atomic E-state index is 13.2. The van der Waals surface area contributed by atoms with E-state index in [0.29, 0.717) is 5.69 Å². The first kappa shape index (κ1) is 16.2. The van der Waals surface area contributed by atoms with Crippen LogP contribution in [0.3, 0.4) is 0 Å². The first-order valence-electron chi connectivity index (χ1n) is 9.12. The molecule has 1 saturated heterocycles. The third-order valence-electron chi connectivity index (χ3n) is 5.87.